The van der Waals surface area contributed by atoms with Crippen LogP contribution in [0, 0.1) is 31.6 Å². The van der Waals surface area contributed by atoms with Crippen molar-refractivity contribution in [3.8, 4) is 16.8 Å². The van der Waals surface area contributed by atoms with Crippen molar-refractivity contribution in [1.29, 1.82) is 0 Å². The first-order valence-corrected chi connectivity index (χ1v) is 11.6. The number of aliphatic imine (C=N–C) groups is 1. The molecule has 0 radical (unpaired) electrons. The van der Waals surface area contributed by atoms with Crippen molar-refractivity contribution in [1.82, 2.24) is 14.8 Å². The molecule has 0 spiro atoms. The minimum absolute atomic E-state index is 0.0936. The van der Waals surface area contributed by atoms with Crippen molar-refractivity contribution in [2.75, 3.05) is 0 Å². The smallest absolute Gasteiger partial charge is 0.162 e. The van der Waals surface area contributed by atoms with E-state index < -0.39 is 0 Å². The number of aryl methyl sites for hydroxylation is 1. The highest BCUT2D eigenvalue weighted by Crippen LogP contribution is 2.39. The molecule has 1 fully saturated rings. The molecule has 30 heavy (non-hydrogen) atoms. The molecule has 152 valence electrons. The molecule has 0 amide bonds. The summed E-state index contributed by atoms with van der Waals surface area (Å²) in [5.74, 6) is 9.31. The van der Waals surface area contributed by atoms with E-state index in [0.717, 1.165) is 43.4 Å². The van der Waals surface area contributed by atoms with Gasteiger partial charge < -0.3 is 0 Å². The van der Waals surface area contributed by atoms with Crippen molar-refractivity contribution in [3.05, 3.63) is 62.5 Å². The fraction of sp³-hybridized carbons (Fsp3) is 0.375. The van der Waals surface area contributed by atoms with E-state index in [1.165, 1.54) is 31.2 Å². The fourth-order valence-corrected chi connectivity index (χ4v) is 5.69. The molecule has 2 aromatic heterocycles. The van der Waals surface area contributed by atoms with Gasteiger partial charge in [0.05, 0.1) is 10.6 Å². The molecule has 2 aliphatic rings. The lowest BCUT2D eigenvalue weighted by Gasteiger charge is -2.09. The van der Waals surface area contributed by atoms with Gasteiger partial charge in [-0.25, -0.2) is 0 Å². The molecular formula is C24H23ClN4S. The minimum Gasteiger partial charge on any atom is -0.273 e. The van der Waals surface area contributed by atoms with Crippen molar-refractivity contribution in [2.24, 2.45) is 10.9 Å². The zero-order chi connectivity index (χ0) is 20.8. The van der Waals surface area contributed by atoms with Crippen LogP contribution in [-0.2, 0) is 0 Å². The lowest BCUT2D eigenvalue weighted by Crippen LogP contribution is -2.07. The first kappa shape index (κ1) is 19.5. The highest BCUT2D eigenvalue weighted by atomic mass is 35.5. The second-order valence-corrected chi connectivity index (χ2v) is 9.52. The molecule has 0 unspecified atom stereocenters. The monoisotopic (exact) mass is 434 g/mol. The van der Waals surface area contributed by atoms with Crippen LogP contribution in [0.15, 0.2) is 29.3 Å². The summed E-state index contributed by atoms with van der Waals surface area (Å²) in [6.45, 7) is 6.23. The Bertz CT molecular complexity index is 1200. The molecule has 3 aromatic rings. The summed E-state index contributed by atoms with van der Waals surface area (Å²) >= 11 is 7.87. The van der Waals surface area contributed by atoms with E-state index in [9.17, 15) is 0 Å². The van der Waals surface area contributed by atoms with Crippen molar-refractivity contribution >= 4 is 28.6 Å². The minimum atomic E-state index is -0.0936. The van der Waals surface area contributed by atoms with Gasteiger partial charge in [-0.1, -0.05) is 48.4 Å². The number of hydrogen-bond acceptors (Lipinski definition) is 4. The molecule has 3 heterocycles. The number of fused-ring (bicyclic) bond motifs is 3. The van der Waals surface area contributed by atoms with Crippen LogP contribution in [0.3, 0.4) is 0 Å². The van der Waals surface area contributed by atoms with Gasteiger partial charge in [0.25, 0.3) is 0 Å². The SMILES string of the molecule is Cc1c(C#CC2CCCC2)sc2c1C(c1ccc(Cl)cc1)=N[C@@H](C)c1nnc(C)n1-2. The maximum absolute atomic E-state index is 6.15. The maximum Gasteiger partial charge on any atom is 0.162 e. The summed E-state index contributed by atoms with van der Waals surface area (Å²) in [4.78, 5) is 6.21. The lowest BCUT2D eigenvalue weighted by atomic mass is 9.99. The number of benzene rings is 1. The molecule has 4 nitrogen and oxygen atoms in total. The number of rotatable bonds is 1. The maximum atomic E-state index is 6.15. The summed E-state index contributed by atoms with van der Waals surface area (Å²) in [6, 6.07) is 7.82. The Morgan fingerprint density at radius 3 is 2.57 bits per heavy atom. The average Bonchev–Trinajstić information content (AvgIpc) is 3.43. The first-order chi connectivity index (χ1) is 14.5. The molecule has 1 saturated carbocycles. The van der Waals surface area contributed by atoms with Crippen LogP contribution in [0.2, 0.25) is 5.02 Å². The highest BCUT2D eigenvalue weighted by molar-refractivity contribution is 7.15. The topological polar surface area (TPSA) is 43.1 Å². The number of nitrogens with zero attached hydrogens (tertiary/aromatic N) is 4. The van der Waals surface area contributed by atoms with Crippen molar-refractivity contribution in [2.45, 2.75) is 52.5 Å². The van der Waals surface area contributed by atoms with Gasteiger partial charge in [0, 0.05) is 22.1 Å². The zero-order valence-electron chi connectivity index (χ0n) is 17.4. The zero-order valence-corrected chi connectivity index (χ0v) is 18.9. The average molecular weight is 435 g/mol. The van der Waals surface area contributed by atoms with Gasteiger partial charge >= 0.3 is 0 Å². The standard InChI is InChI=1S/C24H23ClN4S/c1-14-20(13-8-17-6-4-5-7-17)30-24-21(14)22(18-9-11-19(25)12-10-18)26-15(2)23-28-27-16(3)29(23)24/h9-12,15,17H,4-7H2,1-3H3/t15-/m0/s1. The fourth-order valence-electron chi connectivity index (χ4n) is 4.33. The van der Waals surface area contributed by atoms with Crippen molar-refractivity contribution in [3.63, 3.8) is 0 Å². The van der Waals surface area contributed by atoms with Crippen LogP contribution in [-0.4, -0.2) is 20.5 Å². The second kappa shape index (κ2) is 7.68. The van der Waals surface area contributed by atoms with E-state index >= 15 is 0 Å². The summed E-state index contributed by atoms with van der Waals surface area (Å²) in [5, 5.41) is 10.6. The van der Waals surface area contributed by atoms with Crippen LogP contribution in [0.5, 0.6) is 0 Å². The Kier molecular flexibility index (Phi) is 5.00. The molecule has 0 saturated heterocycles. The summed E-state index contributed by atoms with van der Waals surface area (Å²) in [6.07, 6.45) is 5.04. The van der Waals surface area contributed by atoms with E-state index in [2.05, 4.69) is 40.5 Å². The lowest BCUT2D eigenvalue weighted by molar-refractivity contribution is 0.712. The third kappa shape index (κ3) is 3.29. The van der Waals surface area contributed by atoms with E-state index in [0.29, 0.717) is 5.92 Å². The predicted molar refractivity (Wildman–Crippen MR) is 123 cm³/mol. The molecule has 0 N–H and O–H groups in total. The van der Waals surface area contributed by atoms with Gasteiger partial charge in [-0.15, -0.1) is 21.5 Å². The Morgan fingerprint density at radius 2 is 1.83 bits per heavy atom. The predicted octanol–water partition coefficient (Wildman–Crippen LogP) is 6.05. The molecule has 1 aliphatic heterocycles. The van der Waals surface area contributed by atoms with Gasteiger partial charge in [-0.2, -0.15) is 0 Å². The second-order valence-electron chi connectivity index (χ2n) is 8.09. The van der Waals surface area contributed by atoms with Gasteiger partial charge in [-0.05, 0) is 51.3 Å². The van der Waals surface area contributed by atoms with E-state index in [1.807, 2.05) is 31.2 Å². The van der Waals surface area contributed by atoms with Gasteiger partial charge in [0.1, 0.15) is 16.9 Å². The van der Waals surface area contributed by atoms with Crippen LogP contribution in [0.1, 0.15) is 71.9 Å². The molecule has 0 bridgehead atoms. The summed E-state index contributed by atoms with van der Waals surface area (Å²) < 4.78 is 2.16. The van der Waals surface area contributed by atoms with E-state index in [4.69, 9.17) is 16.6 Å². The molecular weight excluding hydrogens is 412 g/mol. The number of halogens is 1. The van der Waals surface area contributed by atoms with Gasteiger partial charge in [-0.3, -0.25) is 9.56 Å². The molecule has 5 rings (SSSR count). The third-order valence-corrected chi connectivity index (χ3v) is 7.42. The van der Waals surface area contributed by atoms with Crippen LogP contribution in [0.4, 0.5) is 0 Å². The van der Waals surface area contributed by atoms with E-state index in [-0.39, 0.29) is 6.04 Å². The van der Waals surface area contributed by atoms with E-state index in [1.54, 1.807) is 11.3 Å². The third-order valence-electron chi connectivity index (χ3n) is 5.98. The van der Waals surface area contributed by atoms with Crippen molar-refractivity contribution < 1.29 is 0 Å². The quantitative estimate of drug-likeness (QED) is 0.437. The Balaban J connectivity index is 1.72. The molecule has 1 atom stereocenters. The number of thiophene rings is 1. The molecule has 1 aromatic carbocycles. The van der Waals surface area contributed by atoms with Gasteiger partial charge in [0.15, 0.2) is 5.82 Å². The molecule has 6 heteroatoms. The first-order valence-electron chi connectivity index (χ1n) is 10.4. The Hall–Kier alpha value is -2.42. The molecule has 1 aliphatic carbocycles. The summed E-state index contributed by atoms with van der Waals surface area (Å²) in [5.41, 5.74) is 4.34. The number of hydrogen-bond donors (Lipinski definition) is 0. The largest absolute Gasteiger partial charge is 0.273 e. The normalized spacial score (nSPS) is 18.3. The Labute approximate surface area is 186 Å². The van der Waals surface area contributed by atoms with Crippen LogP contribution >= 0.6 is 22.9 Å². The summed E-state index contributed by atoms with van der Waals surface area (Å²) in [7, 11) is 0. The Morgan fingerprint density at radius 1 is 1.10 bits per heavy atom. The highest BCUT2D eigenvalue weighted by Gasteiger charge is 2.30. The van der Waals surface area contributed by atoms with Crippen LogP contribution in [0.25, 0.3) is 5.00 Å². The number of aromatic nitrogens is 3. The van der Waals surface area contributed by atoms with Crippen LogP contribution < -0.4 is 0 Å². The van der Waals surface area contributed by atoms with Gasteiger partial charge in [0.2, 0.25) is 0 Å².